The molecule has 5 heteroatoms. The molecule has 2 aliphatic rings. The van der Waals surface area contributed by atoms with Gasteiger partial charge in [-0.05, 0) is 55.4 Å². The molecule has 1 aliphatic heterocycles. The van der Waals surface area contributed by atoms with Crippen LogP contribution in [0.3, 0.4) is 0 Å². The summed E-state index contributed by atoms with van der Waals surface area (Å²) in [4.78, 5) is 26.3. The Morgan fingerprint density at radius 3 is 2.19 bits per heavy atom. The molecule has 1 unspecified atom stereocenters. The molecule has 1 aliphatic carbocycles. The van der Waals surface area contributed by atoms with Gasteiger partial charge in [-0.25, -0.2) is 0 Å². The second-order valence-electron chi connectivity index (χ2n) is 8.10. The molecule has 0 aromatic heterocycles. The van der Waals surface area contributed by atoms with Gasteiger partial charge < -0.3 is 9.84 Å². The molecule has 1 spiro atoms. The van der Waals surface area contributed by atoms with E-state index in [-0.39, 0.29) is 30.4 Å². The first-order valence-corrected chi connectivity index (χ1v) is 9.59. The Kier molecular flexibility index (Phi) is 5.66. The van der Waals surface area contributed by atoms with Crippen molar-refractivity contribution in [3.63, 3.8) is 0 Å². The Morgan fingerprint density at radius 2 is 1.62 bits per heavy atom. The maximum atomic E-state index is 12.5. The Labute approximate surface area is 155 Å². The molecule has 3 rings (SSSR count). The molecular weight excluding hydrogens is 330 g/mol. The van der Waals surface area contributed by atoms with Gasteiger partial charge in [0.2, 0.25) is 11.8 Å². The van der Waals surface area contributed by atoms with Crippen LogP contribution >= 0.6 is 0 Å². The predicted octanol–water partition coefficient (Wildman–Crippen LogP) is 3.14. The SMILES string of the molecule is Cc1cc(C)cc(OCC(O)CN2C(=O)CC3(CCCCC3)CC2=O)c1. The van der Waals surface area contributed by atoms with Crippen LogP contribution in [0.15, 0.2) is 18.2 Å². The average molecular weight is 359 g/mol. The van der Waals surface area contributed by atoms with Crippen molar-refractivity contribution in [3.8, 4) is 5.75 Å². The van der Waals surface area contributed by atoms with Crippen LogP contribution in [-0.2, 0) is 9.59 Å². The third kappa shape index (κ3) is 4.44. The minimum atomic E-state index is -0.885. The Bertz CT molecular complexity index is 638. The lowest BCUT2D eigenvalue weighted by Gasteiger charge is -2.42. The molecule has 1 heterocycles. The monoisotopic (exact) mass is 359 g/mol. The van der Waals surface area contributed by atoms with Crippen molar-refractivity contribution in [1.29, 1.82) is 0 Å². The van der Waals surface area contributed by atoms with E-state index in [1.807, 2.05) is 26.0 Å². The molecule has 1 aromatic carbocycles. The van der Waals surface area contributed by atoms with Gasteiger partial charge in [0.15, 0.2) is 0 Å². The number of hydrogen-bond acceptors (Lipinski definition) is 4. The number of ether oxygens (including phenoxy) is 1. The summed E-state index contributed by atoms with van der Waals surface area (Å²) in [5.41, 5.74) is 2.06. The van der Waals surface area contributed by atoms with Gasteiger partial charge in [-0.1, -0.05) is 25.3 Å². The van der Waals surface area contributed by atoms with E-state index in [0.717, 1.165) is 36.8 Å². The Hall–Kier alpha value is -1.88. The Balaban J connectivity index is 1.54. The van der Waals surface area contributed by atoms with Crippen molar-refractivity contribution in [2.75, 3.05) is 13.2 Å². The molecule has 26 heavy (non-hydrogen) atoms. The van der Waals surface area contributed by atoms with E-state index >= 15 is 0 Å². The second-order valence-corrected chi connectivity index (χ2v) is 8.10. The lowest BCUT2D eigenvalue weighted by atomic mass is 9.67. The van der Waals surface area contributed by atoms with Crippen molar-refractivity contribution in [1.82, 2.24) is 4.90 Å². The highest BCUT2D eigenvalue weighted by atomic mass is 16.5. The summed E-state index contributed by atoms with van der Waals surface area (Å²) in [5, 5.41) is 10.3. The van der Waals surface area contributed by atoms with E-state index < -0.39 is 6.10 Å². The third-order valence-corrected chi connectivity index (χ3v) is 5.60. The number of hydrogen-bond donors (Lipinski definition) is 1. The van der Waals surface area contributed by atoms with Gasteiger partial charge in [0.05, 0.1) is 6.54 Å². The second kappa shape index (κ2) is 7.78. The molecule has 1 atom stereocenters. The number of carbonyl (C=O) groups excluding carboxylic acids is 2. The van der Waals surface area contributed by atoms with Crippen molar-refractivity contribution < 1.29 is 19.4 Å². The first kappa shape index (κ1) is 18.9. The van der Waals surface area contributed by atoms with Crippen LogP contribution in [0.5, 0.6) is 5.75 Å². The van der Waals surface area contributed by atoms with Crippen LogP contribution in [0.1, 0.15) is 56.1 Å². The van der Waals surface area contributed by atoms with E-state index in [9.17, 15) is 14.7 Å². The molecule has 1 N–H and O–H groups in total. The van der Waals surface area contributed by atoms with E-state index in [4.69, 9.17) is 4.74 Å². The first-order chi connectivity index (χ1) is 12.4. The van der Waals surface area contributed by atoms with Crippen LogP contribution in [0.2, 0.25) is 0 Å². The molecular formula is C21H29NO4. The summed E-state index contributed by atoms with van der Waals surface area (Å²) >= 11 is 0. The molecule has 0 radical (unpaired) electrons. The fraction of sp³-hybridized carbons (Fsp3) is 0.619. The number of aryl methyl sites for hydroxylation is 2. The summed E-state index contributed by atoms with van der Waals surface area (Å²) in [6, 6.07) is 5.86. The summed E-state index contributed by atoms with van der Waals surface area (Å²) in [5.74, 6) is 0.404. The average Bonchev–Trinajstić information content (AvgIpc) is 2.56. The van der Waals surface area contributed by atoms with Gasteiger partial charge >= 0.3 is 0 Å². The van der Waals surface area contributed by atoms with Gasteiger partial charge in [0.25, 0.3) is 0 Å². The van der Waals surface area contributed by atoms with E-state index in [1.54, 1.807) is 0 Å². The molecule has 1 aromatic rings. The molecule has 1 saturated carbocycles. The normalized spacial score (nSPS) is 21.1. The van der Waals surface area contributed by atoms with Crippen LogP contribution in [0.25, 0.3) is 0 Å². The van der Waals surface area contributed by atoms with Crippen LogP contribution < -0.4 is 4.74 Å². The van der Waals surface area contributed by atoms with Crippen molar-refractivity contribution in [2.45, 2.75) is 64.9 Å². The number of rotatable bonds is 5. The van der Waals surface area contributed by atoms with Gasteiger partial charge in [-0.2, -0.15) is 0 Å². The van der Waals surface area contributed by atoms with Gasteiger partial charge in [0.1, 0.15) is 18.5 Å². The molecule has 0 bridgehead atoms. The zero-order chi connectivity index (χ0) is 18.7. The topological polar surface area (TPSA) is 66.8 Å². The van der Waals surface area contributed by atoms with E-state index in [1.165, 1.54) is 11.3 Å². The smallest absolute Gasteiger partial charge is 0.229 e. The number of amides is 2. The van der Waals surface area contributed by atoms with Crippen molar-refractivity contribution in [3.05, 3.63) is 29.3 Å². The molecule has 2 fully saturated rings. The number of aliphatic hydroxyl groups excluding tert-OH is 1. The number of nitrogens with zero attached hydrogens (tertiary/aromatic N) is 1. The summed E-state index contributed by atoms with van der Waals surface area (Å²) in [6.45, 7) is 4.05. The lowest BCUT2D eigenvalue weighted by Crippen LogP contribution is -2.51. The van der Waals surface area contributed by atoms with Crippen molar-refractivity contribution in [2.24, 2.45) is 5.41 Å². The lowest BCUT2D eigenvalue weighted by molar-refractivity contribution is -0.156. The van der Waals surface area contributed by atoms with Gasteiger partial charge in [-0.15, -0.1) is 0 Å². The van der Waals surface area contributed by atoms with Crippen LogP contribution in [-0.4, -0.2) is 41.1 Å². The number of β-amino-alcohol motifs (C(OH)–C–C–N with tert-alkyl or cyclic N) is 1. The minimum Gasteiger partial charge on any atom is -0.491 e. The van der Waals surface area contributed by atoms with Crippen LogP contribution in [0, 0.1) is 19.3 Å². The zero-order valence-electron chi connectivity index (χ0n) is 15.8. The van der Waals surface area contributed by atoms with Crippen LogP contribution in [0.4, 0.5) is 0 Å². The fourth-order valence-electron chi connectivity index (χ4n) is 4.37. The molecule has 1 saturated heterocycles. The minimum absolute atomic E-state index is 0.0124. The predicted molar refractivity (Wildman–Crippen MR) is 98.9 cm³/mol. The number of aliphatic hydroxyl groups is 1. The molecule has 142 valence electrons. The van der Waals surface area contributed by atoms with Gasteiger partial charge in [0, 0.05) is 12.8 Å². The summed E-state index contributed by atoms with van der Waals surface area (Å²) < 4.78 is 5.65. The number of carbonyl (C=O) groups is 2. The number of imide groups is 1. The number of piperidine rings is 1. The highest BCUT2D eigenvalue weighted by Gasteiger charge is 2.44. The maximum absolute atomic E-state index is 12.5. The summed E-state index contributed by atoms with van der Waals surface area (Å²) in [6.07, 6.45) is 5.33. The number of likely N-dealkylation sites (tertiary alicyclic amines) is 1. The fourth-order valence-corrected chi connectivity index (χ4v) is 4.37. The van der Waals surface area contributed by atoms with E-state index in [0.29, 0.717) is 18.6 Å². The standard InChI is InChI=1S/C21H29NO4/c1-15-8-16(2)10-18(9-15)26-14-17(23)13-22-19(24)11-21(12-20(22)25)6-4-3-5-7-21/h8-10,17,23H,3-7,11-14H2,1-2H3. The molecule has 2 amide bonds. The third-order valence-electron chi connectivity index (χ3n) is 5.60. The summed E-state index contributed by atoms with van der Waals surface area (Å²) in [7, 11) is 0. The number of benzene rings is 1. The zero-order valence-corrected chi connectivity index (χ0v) is 15.8. The molecule has 5 nitrogen and oxygen atoms in total. The highest BCUT2D eigenvalue weighted by molar-refractivity contribution is 5.98. The maximum Gasteiger partial charge on any atom is 0.229 e. The van der Waals surface area contributed by atoms with Crippen molar-refractivity contribution >= 4 is 11.8 Å². The van der Waals surface area contributed by atoms with E-state index in [2.05, 4.69) is 6.07 Å². The largest absolute Gasteiger partial charge is 0.491 e. The highest BCUT2D eigenvalue weighted by Crippen LogP contribution is 2.45. The quantitative estimate of drug-likeness (QED) is 0.820. The first-order valence-electron chi connectivity index (χ1n) is 9.59. The Morgan fingerprint density at radius 1 is 1.04 bits per heavy atom. The van der Waals surface area contributed by atoms with Gasteiger partial charge in [-0.3, -0.25) is 14.5 Å².